The maximum Gasteiger partial charge on any atom is 0.319 e. The SMILES string of the molecule is NC1CCC(OCCNC(=O)Nc2ccc(F)cc2)CC1. The van der Waals surface area contributed by atoms with Gasteiger partial charge in [0.05, 0.1) is 12.7 Å². The first-order valence-electron chi connectivity index (χ1n) is 7.31. The summed E-state index contributed by atoms with van der Waals surface area (Å²) in [5, 5.41) is 5.33. The molecule has 1 aliphatic rings. The Labute approximate surface area is 124 Å². The number of rotatable bonds is 5. The summed E-state index contributed by atoms with van der Waals surface area (Å²) in [6.07, 6.45) is 4.24. The van der Waals surface area contributed by atoms with E-state index in [1.807, 2.05) is 0 Å². The van der Waals surface area contributed by atoms with Gasteiger partial charge in [0.1, 0.15) is 5.82 Å². The first kappa shape index (κ1) is 15.7. The van der Waals surface area contributed by atoms with E-state index in [9.17, 15) is 9.18 Å². The van der Waals surface area contributed by atoms with Crippen LogP contribution in [0.1, 0.15) is 25.7 Å². The van der Waals surface area contributed by atoms with Crippen molar-refractivity contribution in [2.75, 3.05) is 18.5 Å². The van der Waals surface area contributed by atoms with Gasteiger partial charge in [-0.05, 0) is 49.9 Å². The van der Waals surface area contributed by atoms with Gasteiger partial charge in [-0.3, -0.25) is 0 Å². The molecule has 0 spiro atoms. The summed E-state index contributed by atoms with van der Waals surface area (Å²) in [6.45, 7) is 0.923. The van der Waals surface area contributed by atoms with Gasteiger partial charge in [0.15, 0.2) is 0 Å². The highest BCUT2D eigenvalue weighted by atomic mass is 19.1. The third-order valence-electron chi connectivity index (χ3n) is 3.56. The van der Waals surface area contributed by atoms with Crippen LogP contribution in [0.2, 0.25) is 0 Å². The Morgan fingerprint density at radius 3 is 2.57 bits per heavy atom. The van der Waals surface area contributed by atoms with Gasteiger partial charge in [0, 0.05) is 18.3 Å². The molecule has 0 unspecified atom stereocenters. The van der Waals surface area contributed by atoms with Crippen molar-refractivity contribution in [3.63, 3.8) is 0 Å². The molecule has 1 aliphatic carbocycles. The van der Waals surface area contributed by atoms with Crippen molar-refractivity contribution in [2.45, 2.75) is 37.8 Å². The number of nitrogens with two attached hydrogens (primary N) is 1. The molecule has 1 aromatic rings. The molecule has 0 saturated heterocycles. The van der Waals surface area contributed by atoms with E-state index in [0.717, 1.165) is 25.7 Å². The number of anilines is 1. The lowest BCUT2D eigenvalue weighted by Crippen LogP contribution is -2.34. The van der Waals surface area contributed by atoms with Crippen LogP contribution >= 0.6 is 0 Å². The van der Waals surface area contributed by atoms with Crippen LogP contribution in [0.25, 0.3) is 0 Å². The van der Waals surface area contributed by atoms with Crippen LogP contribution in [0, 0.1) is 5.82 Å². The highest BCUT2D eigenvalue weighted by Crippen LogP contribution is 2.19. The lowest BCUT2D eigenvalue weighted by molar-refractivity contribution is 0.0280. The Hall–Kier alpha value is -1.66. The number of urea groups is 1. The summed E-state index contributed by atoms with van der Waals surface area (Å²) in [5.74, 6) is -0.332. The Kier molecular flexibility index (Phi) is 5.95. The van der Waals surface area contributed by atoms with Crippen LogP contribution < -0.4 is 16.4 Å². The minimum absolute atomic E-state index is 0.256. The number of carbonyl (C=O) groups is 1. The smallest absolute Gasteiger partial charge is 0.319 e. The lowest BCUT2D eigenvalue weighted by Gasteiger charge is -2.26. The van der Waals surface area contributed by atoms with Crippen molar-refractivity contribution in [1.82, 2.24) is 5.32 Å². The normalized spacial score (nSPS) is 21.8. The minimum Gasteiger partial charge on any atom is -0.376 e. The molecule has 1 aromatic carbocycles. The molecule has 0 radical (unpaired) electrons. The molecule has 116 valence electrons. The molecular formula is C15H22FN3O2. The summed E-state index contributed by atoms with van der Waals surface area (Å²) in [4.78, 5) is 11.6. The number of nitrogens with one attached hydrogen (secondary N) is 2. The number of halogens is 1. The van der Waals surface area contributed by atoms with Crippen LogP contribution in [0.15, 0.2) is 24.3 Å². The predicted octanol–water partition coefficient (Wildman–Crippen LogP) is 2.23. The van der Waals surface area contributed by atoms with Crippen molar-refractivity contribution in [3.05, 3.63) is 30.1 Å². The van der Waals surface area contributed by atoms with Gasteiger partial charge in [-0.1, -0.05) is 0 Å². The highest BCUT2D eigenvalue weighted by Gasteiger charge is 2.18. The maximum atomic E-state index is 12.7. The largest absolute Gasteiger partial charge is 0.376 e. The monoisotopic (exact) mass is 295 g/mol. The first-order chi connectivity index (χ1) is 10.1. The average molecular weight is 295 g/mol. The van der Waals surface area contributed by atoms with Crippen LogP contribution in [0.5, 0.6) is 0 Å². The van der Waals surface area contributed by atoms with Crippen molar-refractivity contribution in [1.29, 1.82) is 0 Å². The van der Waals surface area contributed by atoms with E-state index in [0.29, 0.717) is 24.9 Å². The predicted molar refractivity (Wildman–Crippen MR) is 79.6 cm³/mol. The summed E-state index contributed by atoms with van der Waals surface area (Å²) in [5.41, 5.74) is 6.38. The third-order valence-corrected chi connectivity index (χ3v) is 3.56. The Morgan fingerprint density at radius 2 is 1.90 bits per heavy atom. The molecule has 2 rings (SSSR count). The molecule has 1 saturated carbocycles. The van der Waals surface area contributed by atoms with E-state index in [1.54, 1.807) is 0 Å². The Balaban J connectivity index is 1.58. The topological polar surface area (TPSA) is 76.4 Å². The minimum atomic E-state index is -0.332. The lowest BCUT2D eigenvalue weighted by atomic mass is 9.94. The van der Waals surface area contributed by atoms with Gasteiger partial charge in [-0.15, -0.1) is 0 Å². The Bertz CT molecular complexity index is 445. The second-order valence-corrected chi connectivity index (χ2v) is 5.30. The summed E-state index contributed by atoms with van der Waals surface area (Å²) >= 11 is 0. The summed E-state index contributed by atoms with van der Waals surface area (Å²) in [7, 11) is 0. The van der Waals surface area contributed by atoms with Crippen molar-refractivity contribution in [2.24, 2.45) is 5.73 Å². The number of benzene rings is 1. The second kappa shape index (κ2) is 7.95. The van der Waals surface area contributed by atoms with E-state index in [-0.39, 0.29) is 18.0 Å². The van der Waals surface area contributed by atoms with Crippen molar-refractivity contribution in [3.8, 4) is 0 Å². The number of hydrogen-bond acceptors (Lipinski definition) is 3. The molecule has 2 amide bonds. The Morgan fingerprint density at radius 1 is 1.24 bits per heavy atom. The zero-order valence-electron chi connectivity index (χ0n) is 12.0. The average Bonchev–Trinajstić information content (AvgIpc) is 2.48. The molecule has 0 aliphatic heterocycles. The molecule has 0 heterocycles. The first-order valence-corrected chi connectivity index (χ1v) is 7.31. The van der Waals surface area contributed by atoms with Crippen LogP contribution in [-0.4, -0.2) is 31.3 Å². The van der Waals surface area contributed by atoms with Gasteiger partial charge < -0.3 is 21.1 Å². The standard InChI is InChI=1S/C15H22FN3O2/c16-11-1-5-13(6-2-11)19-15(20)18-9-10-21-14-7-3-12(17)4-8-14/h1-2,5-6,12,14H,3-4,7-10,17H2,(H2,18,19,20). The quantitative estimate of drug-likeness (QED) is 0.729. The summed E-state index contributed by atoms with van der Waals surface area (Å²) in [6, 6.07) is 5.60. The van der Waals surface area contributed by atoms with Crippen LogP contribution in [0.4, 0.5) is 14.9 Å². The molecule has 6 heteroatoms. The molecule has 0 bridgehead atoms. The van der Waals surface area contributed by atoms with Gasteiger partial charge in [0.25, 0.3) is 0 Å². The fourth-order valence-corrected chi connectivity index (χ4v) is 2.35. The summed E-state index contributed by atoms with van der Waals surface area (Å²) < 4.78 is 18.4. The maximum absolute atomic E-state index is 12.7. The molecule has 5 nitrogen and oxygen atoms in total. The van der Waals surface area contributed by atoms with E-state index in [4.69, 9.17) is 10.5 Å². The zero-order valence-corrected chi connectivity index (χ0v) is 12.0. The molecule has 0 atom stereocenters. The second-order valence-electron chi connectivity index (χ2n) is 5.30. The molecule has 1 fully saturated rings. The van der Waals surface area contributed by atoms with Gasteiger partial charge in [-0.2, -0.15) is 0 Å². The van der Waals surface area contributed by atoms with Crippen LogP contribution in [0.3, 0.4) is 0 Å². The number of amides is 2. The van der Waals surface area contributed by atoms with E-state index in [1.165, 1.54) is 24.3 Å². The van der Waals surface area contributed by atoms with E-state index in [2.05, 4.69) is 10.6 Å². The van der Waals surface area contributed by atoms with E-state index >= 15 is 0 Å². The molecular weight excluding hydrogens is 273 g/mol. The van der Waals surface area contributed by atoms with Gasteiger partial charge in [-0.25, -0.2) is 9.18 Å². The van der Waals surface area contributed by atoms with Crippen molar-refractivity contribution < 1.29 is 13.9 Å². The van der Waals surface area contributed by atoms with Gasteiger partial charge >= 0.3 is 6.03 Å². The van der Waals surface area contributed by atoms with Crippen LogP contribution in [-0.2, 0) is 4.74 Å². The van der Waals surface area contributed by atoms with E-state index < -0.39 is 0 Å². The fourth-order valence-electron chi connectivity index (χ4n) is 2.35. The number of carbonyl (C=O) groups excluding carboxylic acids is 1. The zero-order chi connectivity index (χ0) is 15.1. The fraction of sp³-hybridized carbons (Fsp3) is 0.533. The highest BCUT2D eigenvalue weighted by molar-refractivity contribution is 5.89. The van der Waals surface area contributed by atoms with Gasteiger partial charge in [0.2, 0.25) is 0 Å². The molecule has 21 heavy (non-hydrogen) atoms. The number of ether oxygens (including phenoxy) is 1. The molecule has 0 aromatic heterocycles. The van der Waals surface area contributed by atoms with Crippen molar-refractivity contribution >= 4 is 11.7 Å². The molecule has 4 N–H and O–H groups in total. The third kappa shape index (κ3) is 5.69. The number of hydrogen-bond donors (Lipinski definition) is 3.